The summed E-state index contributed by atoms with van der Waals surface area (Å²) in [6, 6.07) is 10.7. The van der Waals surface area contributed by atoms with Crippen molar-refractivity contribution in [2.75, 3.05) is 5.73 Å². The highest BCUT2D eigenvalue weighted by Crippen LogP contribution is 2.32. The smallest absolute Gasteiger partial charge is 0.187 e. The number of nitrogens with zero attached hydrogens (tertiary/aromatic N) is 4. The van der Waals surface area contributed by atoms with Gasteiger partial charge in [-0.15, -0.1) is 5.10 Å². The number of tetrazole rings is 1. The van der Waals surface area contributed by atoms with Gasteiger partial charge in [-0.3, -0.25) is 0 Å². The molecule has 8 heteroatoms. The Labute approximate surface area is 138 Å². The van der Waals surface area contributed by atoms with Gasteiger partial charge >= 0.3 is 0 Å². The van der Waals surface area contributed by atoms with Crippen LogP contribution in [0.25, 0.3) is 17.1 Å². The average molecular weight is 385 g/mol. The first-order valence-electron chi connectivity index (χ1n) is 5.86. The third-order valence-electron chi connectivity index (χ3n) is 2.87. The third-order valence-corrected chi connectivity index (χ3v) is 4.21. The van der Waals surface area contributed by atoms with Gasteiger partial charge < -0.3 is 5.73 Å². The van der Waals surface area contributed by atoms with Crippen molar-refractivity contribution >= 4 is 44.8 Å². The topological polar surface area (TPSA) is 69.6 Å². The van der Waals surface area contributed by atoms with Crippen molar-refractivity contribution in [1.29, 1.82) is 0 Å². The molecule has 2 aromatic carbocycles. The van der Waals surface area contributed by atoms with E-state index < -0.39 is 0 Å². The maximum absolute atomic E-state index is 6.20. The van der Waals surface area contributed by atoms with Gasteiger partial charge in [0.1, 0.15) is 5.69 Å². The first kappa shape index (κ1) is 14.3. The average Bonchev–Trinajstić information content (AvgIpc) is 2.91. The van der Waals surface area contributed by atoms with Crippen LogP contribution in [0.15, 0.2) is 40.9 Å². The van der Waals surface area contributed by atoms with Crippen molar-refractivity contribution in [2.24, 2.45) is 0 Å². The zero-order chi connectivity index (χ0) is 15.0. The molecule has 0 amide bonds. The van der Waals surface area contributed by atoms with Crippen LogP contribution in [0.1, 0.15) is 0 Å². The minimum absolute atomic E-state index is 0.459. The molecule has 1 heterocycles. The zero-order valence-corrected chi connectivity index (χ0v) is 13.6. The molecule has 0 bridgehead atoms. The summed E-state index contributed by atoms with van der Waals surface area (Å²) in [5.41, 5.74) is 7.78. The van der Waals surface area contributed by atoms with Crippen molar-refractivity contribution in [3.63, 3.8) is 0 Å². The molecule has 0 spiro atoms. The molecule has 21 heavy (non-hydrogen) atoms. The van der Waals surface area contributed by atoms with E-state index in [4.69, 9.17) is 28.9 Å². The summed E-state index contributed by atoms with van der Waals surface area (Å²) in [6.07, 6.45) is 0. The number of para-hydroxylation sites is 1. The molecule has 0 aliphatic carbocycles. The highest BCUT2D eigenvalue weighted by Gasteiger charge is 2.16. The molecule has 2 N–H and O–H groups in total. The number of hydrogen-bond donors (Lipinski definition) is 1. The van der Waals surface area contributed by atoms with E-state index in [0.717, 1.165) is 10.0 Å². The molecule has 0 saturated carbocycles. The normalized spacial score (nSPS) is 10.8. The second kappa shape index (κ2) is 5.63. The number of aromatic nitrogens is 4. The van der Waals surface area contributed by atoms with Crippen LogP contribution in [0.4, 0.5) is 5.69 Å². The van der Waals surface area contributed by atoms with Gasteiger partial charge in [0, 0.05) is 15.7 Å². The van der Waals surface area contributed by atoms with Gasteiger partial charge in [0.2, 0.25) is 0 Å². The van der Waals surface area contributed by atoms with E-state index in [-0.39, 0.29) is 0 Å². The molecule has 1 aromatic heterocycles. The fraction of sp³-hybridized carbons (Fsp3) is 0. The van der Waals surface area contributed by atoms with E-state index in [2.05, 4.69) is 31.5 Å². The monoisotopic (exact) mass is 383 g/mol. The number of rotatable bonds is 2. The molecular formula is C13H8BrCl2N5. The van der Waals surface area contributed by atoms with Crippen molar-refractivity contribution in [3.8, 4) is 17.1 Å². The summed E-state index contributed by atoms with van der Waals surface area (Å²) in [5, 5.41) is 12.6. The highest BCUT2D eigenvalue weighted by molar-refractivity contribution is 9.10. The molecule has 3 rings (SSSR count). The fourth-order valence-corrected chi connectivity index (χ4v) is 2.70. The van der Waals surface area contributed by atoms with Crippen molar-refractivity contribution in [2.45, 2.75) is 0 Å². The van der Waals surface area contributed by atoms with Crippen LogP contribution < -0.4 is 5.73 Å². The lowest BCUT2D eigenvalue weighted by atomic mass is 10.2. The molecule has 0 fully saturated rings. The molecular weight excluding hydrogens is 377 g/mol. The van der Waals surface area contributed by atoms with Crippen molar-refractivity contribution in [1.82, 2.24) is 20.2 Å². The van der Waals surface area contributed by atoms with E-state index in [9.17, 15) is 0 Å². The molecule has 5 nitrogen and oxygen atoms in total. The van der Waals surface area contributed by atoms with Gasteiger partial charge in [0.05, 0.1) is 10.0 Å². The Kier molecular flexibility index (Phi) is 3.84. The Balaban J connectivity index is 2.20. The van der Waals surface area contributed by atoms with Crippen LogP contribution in [-0.2, 0) is 0 Å². The van der Waals surface area contributed by atoms with E-state index in [0.29, 0.717) is 27.2 Å². The molecule has 0 atom stereocenters. The Morgan fingerprint density at radius 2 is 1.81 bits per heavy atom. The highest BCUT2D eigenvalue weighted by atomic mass is 79.9. The third kappa shape index (κ3) is 2.62. The Hall–Kier alpha value is -1.63. The number of nitrogen functional groups attached to an aromatic ring is 1. The number of anilines is 1. The number of nitrogens with two attached hydrogens (primary N) is 1. The quantitative estimate of drug-likeness (QED) is 0.678. The summed E-state index contributed by atoms with van der Waals surface area (Å²) in [6.45, 7) is 0. The van der Waals surface area contributed by atoms with Crippen LogP contribution >= 0.6 is 39.1 Å². The Morgan fingerprint density at radius 1 is 1.10 bits per heavy atom. The second-order valence-corrected chi connectivity index (χ2v) is 5.89. The lowest BCUT2D eigenvalue weighted by Gasteiger charge is -2.09. The number of halogens is 3. The zero-order valence-electron chi connectivity index (χ0n) is 10.5. The number of benzene rings is 2. The van der Waals surface area contributed by atoms with Crippen LogP contribution in [0.3, 0.4) is 0 Å². The second-order valence-electron chi connectivity index (χ2n) is 4.22. The van der Waals surface area contributed by atoms with Gasteiger partial charge in [-0.25, -0.2) is 0 Å². The summed E-state index contributed by atoms with van der Waals surface area (Å²) >= 11 is 15.8. The van der Waals surface area contributed by atoms with E-state index >= 15 is 0 Å². The summed E-state index contributed by atoms with van der Waals surface area (Å²) in [5.74, 6) is 0.504. The van der Waals surface area contributed by atoms with E-state index in [1.54, 1.807) is 24.3 Å². The minimum Gasteiger partial charge on any atom is -0.398 e. The van der Waals surface area contributed by atoms with Gasteiger partial charge in [-0.05, 0) is 56.7 Å². The predicted octanol–water partition coefficient (Wildman–Crippen LogP) is 3.98. The molecule has 0 aliphatic heterocycles. The first-order valence-corrected chi connectivity index (χ1v) is 7.41. The Morgan fingerprint density at radius 3 is 2.48 bits per heavy atom. The summed E-state index contributed by atoms with van der Waals surface area (Å²) in [7, 11) is 0. The van der Waals surface area contributed by atoms with Crippen LogP contribution in [0.5, 0.6) is 0 Å². The lowest BCUT2D eigenvalue weighted by molar-refractivity contribution is 0.791. The predicted molar refractivity (Wildman–Crippen MR) is 86.7 cm³/mol. The van der Waals surface area contributed by atoms with Gasteiger partial charge in [0.15, 0.2) is 5.82 Å². The Bertz CT molecular complexity index is 798. The number of hydrogen-bond acceptors (Lipinski definition) is 4. The largest absolute Gasteiger partial charge is 0.398 e. The summed E-state index contributed by atoms with van der Waals surface area (Å²) in [4.78, 5) is 0. The standard InChI is InChI=1S/C13H8BrCl2N5/c14-8-5-4-7(6-11(8)17)13-18-19-20-21(13)12-9(15)2-1-3-10(12)16/h1-6H,17H2. The maximum Gasteiger partial charge on any atom is 0.187 e. The van der Waals surface area contributed by atoms with E-state index in [1.165, 1.54) is 4.68 Å². The SMILES string of the molecule is Nc1cc(-c2nnnn2-c2c(Cl)cccc2Cl)ccc1Br. The van der Waals surface area contributed by atoms with Gasteiger partial charge in [-0.2, -0.15) is 4.68 Å². The molecule has 0 unspecified atom stereocenters. The maximum atomic E-state index is 6.20. The van der Waals surface area contributed by atoms with Crippen LogP contribution in [0, 0.1) is 0 Å². The van der Waals surface area contributed by atoms with E-state index in [1.807, 2.05) is 12.1 Å². The molecule has 106 valence electrons. The fourth-order valence-electron chi connectivity index (χ4n) is 1.89. The van der Waals surface area contributed by atoms with Gasteiger partial charge in [-0.1, -0.05) is 29.3 Å². The minimum atomic E-state index is 0.459. The van der Waals surface area contributed by atoms with Crippen LogP contribution in [-0.4, -0.2) is 20.2 Å². The molecule has 0 aliphatic rings. The van der Waals surface area contributed by atoms with Gasteiger partial charge in [0.25, 0.3) is 0 Å². The molecule has 0 radical (unpaired) electrons. The lowest BCUT2D eigenvalue weighted by Crippen LogP contribution is -2.02. The molecule has 3 aromatic rings. The van der Waals surface area contributed by atoms with Crippen molar-refractivity contribution < 1.29 is 0 Å². The van der Waals surface area contributed by atoms with Crippen molar-refractivity contribution in [3.05, 3.63) is 50.9 Å². The molecule has 0 saturated heterocycles. The van der Waals surface area contributed by atoms with Crippen LogP contribution in [0.2, 0.25) is 10.0 Å². The first-order chi connectivity index (χ1) is 10.1. The summed E-state index contributed by atoms with van der Waals surface area (Å²) < 4.78 is 2.30.